The Labute approximate surface area is 128 Å². The van der Waals surface area contributed by atoms with Crippen molar-refractivity contribution in [3.63, 3.8) is 0 Å². The summed E-state index contributed by atoms with van der Waals surface area (Å²) in [5.74, 6) is 0.527. The number of hydrogen-bond acceptors (Lipinski definition) is 3. The maximum absolute atomic E-state index is 13.7. The zero-order valence-electron chi connectivity index (χ0n) is 12.7. The highest BCUT2D eigenvalue weighted by Gasteiger charge is 2.17. The maximum atomic E-state index is 13.7. The summed E-state index contributed by atoms with van der Waals surface area (Å²) in [6.45, 7) is 1.52. The molecule has 22 heavy (non-hydrogen) atoms. The SMILES string of the molecule is Cn1c(CCNC(=O)CC2CCCN2)nc2c(F)cccc21. The number of benzene rings is 1. The second-order valence-electron chi connectivity index (χ2n) is 5.79. The predicted octanol–water partition coefficient (Wildman–Crippen LogP) is 1.51. The Kier molecular flexibility index (Phi) is 4.38. The third-order valence-corrected chi connectivity index (χ3v) is 4.22. The molecule has 1 amide bonds. The van der Waals surface area contributed by atoms with Gasteiger partial charge in [-0.3, -0.25) is 4.79 Å². The summed E-state index contributed by atoms with van der Waals surface area (Å²) >= 11 is 0. The fraction of sp³-hybridized carbons (Fsp3) is 0.500. The number of aromatic nitrogens is 2. The molecule has 0 bridgehead atoms. The van der Waals surface area contributed by atoms with Crippen LogP contribution in [0, 0.1) is 5.82 Å². The average Bonchev–Trinajstić information content (AvgIpc) is 3.10. The van der Waals surface area contributed by atoms with Crippen molar-refractivity contribution in [3.05, 3.63) is 29.8 Å². The maximum Gasteiger partial charge on any atom is 0.221 e. The van der Waals surface area contributed by atoms with Crippen LogP contribution in [-0.2, 0) is 18.3 Å². The van der Waals surface area contributed by atoms with Crippen LogP contribution in [0.2, 0.25) is 0 Å². The van der Waals surface area contributed by atoms with E-state index in [-0.39, 0.29) is 11.7 Å². The third kappa shape index (κ3) is 3.11. The quantitative estimate of drug-likeness (QED) is 0.880. The number of nitrogens with one attached hydrogen (secondary N) is 2. The van der Waals surface area contributed by atoms with Gasteiger partial charge in [0.2, 0.25) is 5.91 Å². The Morgan fingerprint density at radius 2 is 2.41 bits per heavy atom. The molecular weight excluding hydrogens is 283 g/mol. The number of halogens is 1. The fourth-order valence-electron chi connectivity index (χ4n) is 2.99. The van der Waals surface area contributed by atoms with Crippen molar-refractivity contribution < 1.29 is 9.18 Å². The Morgan fingerprint density at radius 1 is 1.55 bits per heavy atom. The molecular formula is C16H21FN4O. The molecule has 0 spiro atoms. The van der Waals surface area contributed by atoms with Crippen LogP contribution in [0.15, 0.2) is 18.2 Å². The predicted molar refractivity (Wildman–Crippen MR) is 83.0 cm³/mol. The zero-order valence-corrected chi connectivity index (χ0v) is 12.7. The number of carbonyl (C=O) groups excluding carboxylic acids is 1. The molecule has 2 N–H and O–H groups in total. The van der Waals surface area contributed by atoms with Crippen molar-refractivity contribution in [2.24, 2.45) is 7.05 Å². The van der Waals surface area contributed by atoms with E-state index in [0.717, 1.165) is 30.7 Å². The third-order valence-electron chi connectivity index (χ3n) is 4.22. The average molecular weight is 304 g/mol. The lowest BCUT2D eigenvalue weighted by atomic mass is 10.1. The van der Waals surface area contributed by atoms with Crippen molar-refractivity contribution in [2.45, 2.75) is 31.7 Å². The Balaban J connectivity index is 1.56. The van der Waals surface area contributed by atoms with Gasteiger partial charge in [-0.05, 0) is 31.5 Å². The van der Waals surface area contributed by atoms with Crippen molar-refractivity contribution in [3.8, 4) is 0 Å². The summed E-state index contributed by atoms with van der Waals surface area (Å²) in [7, 11) is 1.87. The van der Waals surface area contributed by atoms with E-state index < -0.39 is 0 Å². The highest BCUT2D eigenvalue weighted by atomic mass is 19.1. The molecule has 6 heteroatoms. The molecule has 2 heterocycles. The molecule has 1 aromatic carbocycles. The molecule has 1 aliphatic heterocycles. The summed E-state index contributed by atoms with van der Waals surface area (Å²) in [4.78, 5) is 16.2. The van der Waals surface area contributed by atoms with Crippen LogP contribution in [0.4, 0.5) is 4.39 Å². The van der Waals surface area contributed by atoms with E-state index in [1.807, 2.05) is 17.7 Å². The second-order valence-corrected chi connectivity index (χ2v) is 5.79. The lowest BCUT2D eigenvalue weighted by molar-refractivity contribution is -0.121. The topological polar surface area (TPSA) is 59.0 Å². The second kappa shape index (κ2) is 6.44. The van der Waals surface area contributed by atoms with Crippen LogP contribution in [0.3, 0.4) is 0 Å². The largest absolute Gasteiger partial charge is 0.356 e. The first-order chi connectivity index (χ1) is 10.6. The van der Waals surface area contributed by atoms with Crippen LogP contribution in [0.1, 0.15) is 25.1 Å². The van der Waals surface area contributed by atoms with Gasteiger partial charge in [-0.2, -0.15) is 0 Å². The number of aryl methyl sites for hydroxylation is 1. The molecule has 0 aliphatic carbocycles. The summed E-state index contributed by atoms with van der Waals surface area (Å²) in [5.41, 5.74) is 1.16. The molecule has 1 aliphatic rings. The number of carbonyl (C=O) groups is 1. The number of fused-ring (bicyclic) bond motifs is 1. The summed E-state index contributed by atoms with van der Waals surface area (Å²) < 4.78 is 15.6. The molecule has 1 fully saturated rings. The lowest BCUT2D eigenvalue weighted by Gasteiger charge is -2.10. The number of amides is 1. The van der Waals surface area contributed by atoms with Gasteiger partial charge >= 0.3 is 0 Å². The van der Waals surface area contributed by atoms with E-state index in [1.165, 1.54) is 6.07 Å². The summed E-state index contributed by atoms with van der Waals surface area (Å²) in [6, 6.07) is 5.25. The molecule has 0 saturated carbocycles. The van der Waals surface area contributed by atoms with Gasteiger partial charge in [0, 0.05) is 32.5 Å². The van der Waals surface area contributed by atoms with Gasteiger partial charge in [0.15, 0.2) is 5.82 Å². The van der Waals surface area contributed by atoms with Crippen LogP contribution in [-0.4, -0.2) is 34.6 Å². The summed E-state index contributed by atoms with van der Waals surface area (Å²) in [6.07, 6.45) is 3.33. The molecule has 1 atom stereocenters. The van der Waals surface area contributed by atoms with Crippen molar-refractivity contribution in [1.29, 1.82) is 0 Å². The molecule has 5 nitrogen and oxygen atoms in total. The summed E-state index contributed by atoms with van der Waals surface area (Å²) in [5, 5.41) is 6.23. The highest BCUT2D eigenvalue weighted by Crippen LogP contribution is 2.18. The van der Waals surface area contributed by atoms with Crippen LogP contribution in [0.5, 0.6) is 0 Å². The van der Waals surface area contributed by atoms with Crippen molar-refractivity contribution in [2.75, 3.05) is 13.1 Å². The van der Waals surface area contributed by atoms with E-state index >= 15 is 0 Å². The van der Waals surface area contributed by atoms with Gasteiger partial charge < -0.3 is 15.2 Å². The van der Waals surface area contributed by atoms with Gasteiger partial charge in [0.1, 0.15) is 11.3 Å². The molecule has 0 radical (unpaired) electrons. The highest BCUT2D eigenvalue weighted by molar-refractivity contribution is 5.77. The first-order valence-corrected chi connectivity index (χ1v) is 7.75. The monoisotopic (exact) mass is 304 g/mol. The first kappa shape index (κ1) is 15.0. The van der Waals surface area contributed by atoms with E-state index in [1.54, 1.807) is 6.07 Å². The molecule has 1 aromatic heterocycles. The minimum absolute atomic E-state index is 0.0596. The fourth-order valence-corrected chi connectivity index (χ4v) is 2.99. The van der Waals surface area contributed by atoms with E-state index in [4.69, 9.17) is 0 Å². The van der Waals surface area contributed by atoms with E-state index in [9.17, 15) is 9.18 Å². The number of nitrogens with zero attached hydrogens (tertiary/aromatic N) is 2. The minimum atomic E-state index is -0.310. The van der Waals surface area contributed by atoms with Gasteiger partial charge in [-0.1, -0.05) is 6.07 Å². The van der Waals surface area contributed by atoms with Crippen LogP contribution < -0.4 is 10.6 Å². The minimum Gasteiger partial charge on any atom is -0.356 e. The Morgan fingerprint density at radius 3 is 3.14 bits per heavy atom. The smallest absolute Gasteiger partial charge is 0.221 e. The van der Waals surface area contributed by atoms with Crippen molar-refractivity contribution >= 4 is 16.9 Å². The molecule has 3 rings (SSSR count). The van der Waals surface area contributed by atoms with Gasteiger partial charge in [-0.15, -0.1) is 0 Å². The Hall–Kier alpha value is -1.95. The number of hydrogen-bond donors (Lipinski definition) is 2. The standard InChI is InChI=1S/C16H21FN4O/c1-21-13-6-2-5-12(17)16(13)20-14(21)7-9-19-15(22)10-11-4-3-8-18-11/h2,5-6,11,18H,3-4,7-10H2,1H3,(H,19,22). The number of rotatable bonds is 5. The number of para-hydroxylation sites is 1. The first-order valence-electron chi connectivity index (χ1n) is 7.75. The van der Waals surface area contributed by atoms with Crippen LogP contribution >= 0.6 is 0 Å². The van der Waals surface area contributed by atoms with Crippen LogP contribution in [0.25, 0.3) is 11.0 Å². The zero-order chi connectivity index (χ0) is 15.5. The molecule has 1 unspecified atom stereocenters. The normalized spacial score (nSPS) is 18.0. The van der Waals surface area contributed by atoms with Gasteiger partial charge in [-0.25, -0.2) is 9.37 Å². The number of imidazole rings is 1. The van der Waals surface area contributed by atoms with Crippen molar-refractivity contribution in [1.82, 2.24) is 20.2 Å². The lowest BCUT2D eigenvalue weighted by Crippen LogP contribution is -2.33. The molecule has 118 valence electrons. The van der Waals surface area contributed by atoms with E-state index in [2.05, 4.69) is 15.6 Å². The van der Waals surface area contributed by atoms with Gasteiger partial charge in [0.05, 0.1) is 5.52 Å². The molecule has 2 aromatic rings. The Bertz CT molecular complexity index is 676. The molecule has 1 saturated heterocycles. The van der Waals surface area contributed by atoms with Gasteiger partial charge in [0.25, 0.3) is 0 Å². The van der Waals surface area contributed by atoms with E-state index in [0.29, 0.717) is 30.9 Å².